The summed E-state index contributed by atoms with van der Waals surface area (Å²) in [5.74, 6) is 0.552. The van der Waals surface area contributed by atoms with Crippen LogP contribution in [0.5, 0.6) is 11.5 Å². The molecule has 0 aliphatic heterocycles. The number of hydrogen-bond donors (Lipinski definition) is 1. The van der Waals surface area contributed by atoms with E-state index in [1.807, 2.05) is 56.3 Å². The van der Waals surface area contributed by atoms with Crippen molar-refractivity contribution in [1.82, 2.24) is 0 Å². The first-order valence-electron chi connectivity index (χ1n) is 11.4. The lowest BCUT2D eigenvalue weighted by Gasteiger charge is -2.14. The highest BCUT2D eigenvalue weighted by Crippen LogP contribution is 2.38. The molecule has 0 unspecified atom stereocenters. The number of halogens is 1. The van der Waals surface area contributed by atoms with Gasteiger partial charge in [0.25, 0.3) is 5.91 Å². The van der Waals surface area contributed by atoms with E-state index in [4.69, 9.17) is 9.47 Å². The highest BCUT2D eigenvalue weighted by atomic mass is 79.9. The fourth-order valence-electron chi connectivity index (χ4n) is 3.78. The highest BCUT2D eigenvalue weighted by Gasteiger charge is 2.15. The Labute approximate surface area is 219 Å². The first-order valence-corrected chi connectivity index (χ1v) is 12.2. The number of fused-ring (bicyclic) bond motifs is 1. The van der Waals surface area contributed by atoms with Crippen molar-refractivity contribution < 1.29 is 14.3 Å². The number of anilines is 1. The SMILES string of the molecule is COc1cc(/C=C(\C#N)C(=O)Nc2ccc(C)c(C)c2)cc(Br)c1OCc1ccc2ccccc2c1. The van der Waals surface area contributed by atoms with E-state index in [1.165, 1.54) is 11.5 Å². The van der Waals surface area contributed by atoms with Gasteiger partial charge in [0.15, 0.2) is 11.5 Å². The van der Waals surface area contributed by atoms with Gasteiger partial charge in [0.05, 0.1) is 11.6 Å². The number of hydrogen-bond acceptors (Lipinski definition) is 4. The van der Waals surface area contributed by atoms with Crippen molar-refractivity contribution in [2.24, 2.45) is 0 Å². The topological polar surface area (TPSA) is 71.3 Å². The van der Waals surface area contributed by atoms with Crippen molar-refractivity contribution in [1.29, 1.82) is 5.26 Å². The van der Waals surface area contributed by atoms with Crippen LogP contribution >= 0.6 is 15.9 Å². The summed E-state index contributed by atoms with van der Waals surface area (Å²) in [4.78, 5) is 12.7. The molecule has 4 rings (SSSR count). The second kappa shape index (κ2) is 11.1. The monoisotopic (exact) mass is 540 g/mol. The second-order valence-electron chi connectivity index (χ2n) is 8.43. The molecule has 0 aliphatic carbocycles. The Bertz CT molecular complexity index is 1520. The molecule has 4 aromatic rings. The normalized spacial score (nSPS) is 11.1. The summed E-state index contributed by atoms with van der Waals surface area (Å²) in [5.41, 5.74) is 4.46. The van der Waals surface area contributed by atoms with E-state index in [2.05, 4.69) is 45.5 Å². The number of amides is 1. The zero-order valence-electron chi connectivity index (χ0n) is 20.3. The molecule has 0 bridgehead atoms. The molecule has 0 saturated heterocycles. The van der Waals surface area contributed by atoms with Crippen molar-refractivity contribution in [3.8, 4) is 17.6 Å². The fourth-order valence-corrected chi connectivity index (χ4v) is 4.35. The number of nitrogens with zero attached hydrogens (tertiary/aromatic N) is 1. The molecule has 0 aliphatic rings. The van der Waals surface area contributed by atoms with E-state index in [9.17, 15) is 10.1 Å². The zero-order chi connectivity index (χ0) is 25.7. The first kappa shape index (κ1) is 25.0. The van der Waals surface area contributed by atoms with Gasteiger partial charge in [-0.15, -0.1) is 0 Å². The number of carbonyl (C=O) groups is 1. The molecular weight excluding hydrogens is 516 g/mol. The average Bonchev–Trinajstić information content (AvgIpc) is 2.88. The summed E-state index contributed by atoms with van der Waals surface area (Å²) in [6.07, 6.45) is 1.52. The van der Waals surface area contributed by atoms with Crippen LogP contribution in [0.2, 0.25) is 0 Å². The lowest BCUT2D eigenvalue weighted by molar-refractivity contribution is -0.112. The molecule has 0 saturated carbocycles. The quantitative estimate of drug-likeness (QED) is 0.196. The van der Waals surface area contributed by atoms with E-state index in [0.717, 1.165) is 22.1 Å². The Hall–Kier alpha value is -4.08. The van der Waals surface area contributed by atoms with Crippen molar-refractivity contribution in [3.05, 3.63) is 105 Å². The van der Waals surface area contributed by atoms with Crippen LogP contribution in [0.25, 0.3) is 16.8 Å². The second-order valence-corrected chi connectivity index (χ2v) is 9.28. The molecule has 1 amide bonds. The Morgan fingerprint density at radius 2 is 1.78 bits per heavy atom. The minimum Gasteiger partial charge on any atom is -0.493 e. The van der Waals surface area contributed by atoms with Crippen molar-refractivity contribution in [2.45, 2.75) is 20.5 Å². The van der Waals surface area contributed by atoms with E-state index in [-0.39, 0.29) is 5.57 Å². The van der Waals surface area contributed by atoms with Crippen LogP contribution in [0.4, 0.5) is 5.69 Å². The number of rotatable bonds is 7. The van der Waals surface area contributed by atoms with Gasteiger partial charge in [-0.3, -0.25) is 4.79 Å². The van der Waals surface area contributed by atoms with Gasteiger partial charge in [-0.1, -0.05) is 42.5 Å². The third-order valence-electron chi connectivity index (χ3n) is 5.89. The molecule has 5 nitrogen and oxygen atoms in total. The first-order chi connectivity index (χ1) is 17.4. The predicted molar refractivity (Wildman–Crippen MR) is 147 cm³/mol. The van der Waals surface area contributed by atoms with E-state index >= 15 is 0 Å². The summed E-state index contributed by atoms with van der Waals surface area (Å²) in [7, 11) is 1.55. The van der Waals surface area contributed by atoms with Gasteiger partial charge in [0, 0.05) is 5.69 Å². The zero-order valence-corrected chi connectivity index (χ0v) is 21.8. The maximum absolute atomic E-state index is 12.7. The molecule has 6 heteroatoms. The van der Waals surface area contributed by atoms with E-state index in [1.54, 1.807) is 19.2 Å². The Morgan fingerprint density at radius 1 is 1.00 bits per heavy atom. The average molecular weight is 541 g/mol. The molecule has 36 heavy (non-hydrogen) atoms. The lowest BCUT2D eigenvalue weighted by atomic mass is 10.1. The van der Waals surface area contributed by atoms with Crippen LogP contribution in [0, 0.1) is 25.2 Å². The smallest absolute Gasteiger partial charge is 0.266 e. The Morgan fingerprint density at radius 3 is 2.50 bits per heavy atom. The molecule has 0 heterocycles. The van der Waals surface area contributed by atoms with Crippen LogP contribution in [-0.4, -0.2) is 13.0 Å². The largest absolute Gasteiger partial charge is 0.493 e. The maximum Gasteiger partial charge on any atom is 0.266 e. The number of aryl methyl sites for hydroxylation is 2. The standard InChI is InChI=1S/C30H25BrN2O3/c1-19-8-11-26(12-20(19)2)33-30(34)25(17-32)14-22-15-27(31)29(28(16-22)35-3)36-18-21-9-10-23-6-4-5-7-24(23)13-21/h4-16H,18H2,1-3H3,(H,33,34)/b25-14+. The summed E-state index contributed by atoms with van der Waals surface area (Å²) in [5, 5.41) is 14.7. The molecule has 0 atom stereocenters. The summed E-state index contributed by atoms with van der Waals surface area (Å²) in [6, 6.07) is 25.5. The number of ether oxygens (including phenoxy) is 2. The minimum absolute atomic E-state index is 0.0213. The molecule has 1 N–H and O–H groups in total. The summed E-state index contributed by atoms with van der Waals surface area (Å²) in [6.45, 7) is 4.33. The van der Waals surface area contributed by atoms with Gasteiger partial charge in [-0.05, 0) is 99.2 Å². The summed E-state index contributed by atoms with van der Waals surface area (Å²) < 4.78 is 12.3. The molecule has 4 aromatic carbocycles. The van der Waals surface area contributed by atoms with Gasteiger partial charge in [0.2, 0.25) is 0 Å². The third-order valence-corrected chi connectivity index (χ3v) is 6.48. The van der Waals surface area contributed by atoms with E-state index in [0.29, 0.717) is 33.8 Å². The Balaban J connectivity index is 1.54. The number of carbonyl (C=O) groups excluding carboxylic acids is 1. The van der Waals surface area contributed by atoms with Gasteiger partial charge in [-0.2, -0.15) is 5.26 Å². The predicted octanol–water partition coefficient (Wildman–Crippen LogP) is 7.35. The molecule has 0 aromatic heterocycles. The van der Waals surface area contributed by atoms with Crippen molar-refractivity contribution >= 4 is 44.4 Å². The maximum atomic E-state index is 12.7. The third kappa shape index (κ3) is 5.76. The fraction of sp³-hybridized carbons (Fsp3) is 0.133. The van der Waals surface area contributed by atoms with Crippen LogP contribution in [0.1, 0.15) is 22.3 Å². The van der Waals surface area contributed by atoms with Gasteiger partial charge in [-0.25, -0.2) is 0 Å². The molecule has 180 valence electrons. The van der Waals surface area contributed by atoms with Crippen LogP contribution in [-0.2, 0) is 11.4 Å². The molecular formula is C30H25BrN2O3. The number of nitrogens with one attached hydrogen (secondary N) is 1. The van der Waals surface area contributed by atoms with Crippen LogP contribution in [0.3, 0.4) is 0 Å². The highest BCUT2D eigenvalue weighted by molar-refractivity contribution is 9.10. The number of benzene rings is 4. The Kier molecular flexibility index (Phi) is 7.72. The molecule has 0 radical (unpaired) electrons. The number of nitriles is 1. The van der Waals surface area contributed by atoms with Gasteiger partial charge >= 0.3 is 0 Å². The lowest BCUT2D eigenvalue weighted by Crippen LogP contribution is -2.13. The van der Waals surface area contributed by atoms with Crippen LogP contribution in [0.15, 0.2) is 82.8 Å². The van der Waals surface area contributed by atoms with Gasteiger partial charge in [0.1, 0.15) is 18.2 Å². The summed E-state index contributed by atoms with van der Waals surface area (Å²) >= 11 is 3.55. The van der Waals surface area contributed by atoms with Gasteiger partial charge < -0.3 is 14.8 Å². The number of methoxy groups -OCH3 is 1. The van der Waals surface area contributed by atoms with Crippen molar-refractivity contribution in [3.63, 3.8) is 0 Å². The molecule has 0 spiro atoms. The van der Waals surface area contributed by atoms with Crippen LogP contribution < -0.4 is 14.8 Å². The van der Waals surface area contributed by atoms with Crippen molar-refractivity contribution in [2.75, 3.05) is 12.4 Å². The molecule has 0 fully saturated rings. The minimum atomic E-state index is -0.479. The van der Waals surface area contributed by atoms with E-state index < -0.39 is 5.91 Å².